The van der Waals surface area contributed by atoms with Crippen LogP contribution in [0.3, 0.4) is 0 Å². The predicted molar refractivity (Wildman–Crippen MR) is 92.7 cm³/mol. The van der Waals surface area contributed by atoms with E-state index in [9.17, 15) is 26.4 Å². The summed E-state index contributed by atoms with van der Waals surface area (Å²) in [5, 5.41) is 0. The van der Waals surface area contributed by atoms with Gasteiger partial charge >= 0.3 is 6.18 Å². The molecular weight excluding hydrogens is 381 g/mol. The number of aldehydes is 1. The monoisotopic (exact) mass is 400 g/mol. The number of nitrogens with zero attached hydrogens (tertiary/aromatic N) is 2. The summed E-state index contributed by atoms with van der Waals surface area (Å²) in [6, 6.07) is 4.66. The van der Waals surface area contributed by atoms with E-state index in [-0.39, 0.29) is 17.4 Å². The summed E-state index contributed by atoms with van der Waals surface area (Å²) >= 11 is 0. The average Bonchev–Trinajstić information content (AvgIpc) is 3.03. The molecule has 0 spiro atoms. The Morgan fingerprint density at radius 3 is 2.30 bits per heavy atom. The molecule has 2 aromatic rings. The van der Waals surface area contributed by atoms with Crippen LogP contribution in [-0.2, 0) is 22.7 Å². The van der Waals surface area contributed by atoms with Crippen LogP contribution in [0.25, 0.3) is 0 Å². The number of halogens is 3. The van der Waals surface area contributed by atoms with E-state index in [1.54, 1.807) is 12.3 Å². The lowest BCUT2D eigenvalue weighted by Crippen LogP contribution is -2.43. The number of rotatable bonds is 4. The van der Waals surface area contributed by atoms with Crippen LogP contribution in [0, 0.1) is 5.92 Å². The molecule has 146 valence electrons. The molecule has 0 saturated heterocycles. The summed E-state index contributed by atoms with van der Waals surface area (Å²) in [6.07, 6.45) is -2.14. The Balaban J connectivity index is 2.01. The Morgan fingerprint density at radius 2 is 1.78 bits per heavy atom. The molecule has 9 heteroatoms. The van der Waals surface area contributed by atoms with Crippen molar-refractivity contribution in [2.24, 2.45) is 5.92 Å². The molecule has 0 saturated carbocycles. The topological polar surface area (TPSA) is 59.4 Å². The normalized spacial score (nSPS) is 18.5. The van der Waals surface area contributed by atoms with Crippen molar-refractivity contribution in [3.63, 3.8) is 0 Å². The largest absolute Gasteiger partial charge is 0.416 e. The highest BCUT2D eigenvalue weighted by atomic mass is 32.2. The minimum Gasteiger partial charge on any atom is -0.348 e. The van der Waals surface area contributed by atoms with Gasteiger partial charge in [0.25, 0.3) is 0 Å². The van der Waals surface area contributed by atoms with Crippen molar-refractivity contribution in [2.45, 2.75) is 37.5 Å². The van der Waals surface area contributed by atoms with Crippen LogP contribution in [0.15, 0.2) is 41.4 Å². The molecule has 0 radical (unpaired) electrons. The van der Waals surface area contributed by atoms with E-state index in [1.807, 2.05) is 18.4 Å². The lowest BCUT2D eigenvalue weighted by molar-refractivity contribution is -0.137. The second kappa shape index (κ2) is 6.79. The molecule has 0 N–H and O–H groups in total. The maximum Gasteiger partial charge on any atom is 0.416 e. The van der Waals surface area contributed by atoms with Crippen molar-refractivity contribution in [2.75, 3.05) is 6.54 Å². The molecule has 0 bridgehead atoms. The maximum atomic E-state index is 13.1. The van der Waals surface area contributed by atoms with Gasteiger partial charge in [0.2, 0.25) is 10.0 Å². The third-order valence-corrected chi connectivity index (χ3v) is 6.58. The first kappa shape index (κ1) is 19.6. The SMILES string of the molecule is CC(C)C1c2cc(C=O)cn2CCN1S(=O)(=O)c1ccc(C(F)(F)F)cc1. The molecule has 1 aromatic carbocycles. The van der Waals surface area contributed by atoms with Gasteiger partial charge in [-0.3, -0.25) is 4.79 Å². The second-order valence-corrected chi connectivity index (χ2v) is 8.73. The Labute approximate surface area is 155 Å². The number of benzene rings is 1. The number of hydrogen-bond donors (Lipinski definition) is 0. The van der Waals surface area contributed by atoms with Crippen molar-refractivity contribution >= 4 is 16.3 Å². The van der Waals surface area contributed by atoms with Crippen LogP contribution >= 0.6 is 0 Å². The molecule has 1 unspecified atom stereocenters. The number of fused-ring (bicyclic) bond motifs is 1. The maximum absolute atomic E-state index is 13.1. The van der Waals surface area contributed by atoms with Gasteiger partial charge in [-0.2, -0.15) is 17.5 Å². The summed E-state index contributed by atoms with van der Waals surface area (Å²) in [6.45, 7) is 4.27. The minimum atomic E-state index is -4.53. The zero-order valence-electron chi connectivity index (χ0n) is 14.8. The molecule has 1 atom stereocenters. The summed E-state index contributed by atoms with van der Waals surface area (Å²) < 4.78 is 67.6. The van der Waals surface area contributed by atoms with E-state index in [0.29, 0.717) is 24.1 Å². The van der Waals surface area contributed by atoms with Gasteiger partial charge < -0.3 is 4.57 Å². The van der Waals surface area contributed by atoms with Crippen molar-refractivity contribution in [3.8, 4) is 0 Å². The van der Waals surface area contributed by atoms with Gasteiger partial charge in [0.1, 0.15) is 0 Å². The smallest absolute Gasteiger partial charge is 0.348 e. The predicted octanol–water partition coefficient (Wildman–Crippen LogP) is 3.72. The average molecular weight is 400 g/mol. The quantitative estimate of drug-likeness (QED) is 0.735. The fraction of sp³-hybridized carbons (Fsp3) is 0.389. The van der Waals surface area contributed by atoms with E-state index in [1.165, 1.54) is 4.31 Å². The minimum absolute atomic E-state index is 0.0947. The van der Waals surface area contributed by atoms with Crippen molar-refractivity contribution in [1.82, 2.24) is 8.87 Å². The fourth-order valence-electron chi connectivity index (χ4n) is 3.45. The van der Waals surface area contributed by atoms with E-state index in [2.05, 4.69) is 0 Å². The Hall–Kier alpha value is -2.13. The lowest BCUT2D eigenvalue weighted by Gasteiger charge is -2.38. The van der Waals surface area contributed by atoms with Crippen LogP contribution in [0.2, 0.25) is 0 Å². The van der Waals surface area contributed by atoms with E-state index >= 15 is 0 Å². The van der Waals surface area contributed by atoms with Crippen molar-refractivity contribution in [3.05, 3.63) is 53.3 Å². The van der Waals surface area contributed by atoms with Crippen LogP contribution in [0.4, 0.5) is 13.2 Å². The van der Waals surface area contributed by atoms with Gasteiger partial charge in [0.15, 0.2) is 6.29 Å². The zero-order valence-corrected chi connectivity index (χ0v) is 15.6. The van der Waals surface area contributed by atoms with Gasteiger partial charge in [0.05, 0.1) is 16.5 Å². The zero-order chi connectivity index (χ0) is 20.0. The first-order chi connectivity index (χ1) is 12.6. The number of carbonyl (C=O) groups is 1. The molecule has 5 nitrogen and oxygen atoms in total. The number of carbonyl (C=O) groups excluding carboxylic acids is 1. The molecule has 0 aliphatic carbocycles. The van der Waals surface area contributed by atoms with E-state index in [0.717, 1.165) is 24.3 Å². The van der Waals surface area contributed by atoms with Gasteiger partial charge in [0, 0.05) is 30.5 Å². The van der Waals surface area contributed by atoms with Gasteiger partial charge in [-0.15, -0.1) is 0 Å². The van der Waals surface area contributed by atoms with E-state index in [4.69, 9.17) is 0 Å². The second-order valence-electron chi connectivity index (χ2n) is 6.84. The molecule has 3 rings (SSSR count). The molecule has 1 aliphatic heterocycles. The van der Waals surface area contributed by atoms with E-state index < -0.39 is 27.8 Å². The highest BCUT2D eigenvalue weighted by Gasteiger charge is 2.39. The molecule has 0 fully saturated rings. The van der Waals surface area contributed by atoms with Gasteiger partial charge in [-0.25, -0.2) is 8.42 Å². The van der Waals surface area contributed by atoms with Crippen molar-refractivity contribution in [1.29, 1.82) is 0 Å². The highest BCUT2D eigenvalue weighted by molar-refractivity contribution is 7.89. The lowest BCUT2D eigenvalue weighted by atomic mass is 9.99. The number of hydrogen-bond acceptors (Lipinski definition) is 3. The standard InChI is InChI=1S/C18H19F3N2O3S/c1-12(2)17-16-9-13(11-24)10-22(16)7-8-23(17)27(25,26)15-5-3-14(4-6-15)18(19,20)21/h3-6,9-12,17H,7-8H2,1-2H3. The molecule has 1 aromatic heterocycles. The van der Waals surface area contributed by atoms with Crippen molar-refractivity contribution < 1.29 is 26.4 Å². The van der Waals surface area contributed by atoms with Crippen LogP contribution in [-0.4, -0.2) is 30.1 Å². The molecule has 1 aliphatic rings. The van der Waals surface area contributed by atoms with Gasteiger partial charge in [-0.1, -0.05) is 13.8 Å². The third kappa shape index (κ3) is 3.53. The van der Waals surface area contributed by atoms with Crippen LogP contribution in [0.5, 0.6) is 0 Å². The Kier molecular flexibility index (Phi) is 4.94. The number of sulfonamides is 1. The first-order valence-corrected chi connectivity index (χ1v) is 9.84. The fourth-order valence-corrected chi connectivity index (χ4v) is 5.17. The molecule has 0 amide bonds. The summed E-state index contributed by atoms with van der Waals surface area (Å²) in [7, 11) is -3.99. The van der Waals surface area contributed by atoms with Crippen LogP contribution < -0.4 is 0 Å². The number of aromatic nitrogens is 1. The third-order valence-electron chi connectivity index (χ3n) is 4.68. The van der Waals surface area contributed by atoms with Gasteiger partial charge in [-0.05, 0) is 36.2 Å². The summed E-state index contributed by atoms with van der Waals surface area (Å²) in [5.41, 5.74) is 0.267. The highest BCUT2D eigenvalue weighted by Crippen LogP contribution is 2.37. The molecule has 27 heavy (non-hydrogen) atoms. The molecule has 2 heterocycles. The number of alkyl halides is 3. The summed E-state index contributed by atoms with van der Waals surface area (Å²) in [5.74, 6) is -0.0947. The first-order valence-electron chi connectivity index (χ1n) is 8.40. The molecular formula is C18H19F3N2O3S. The Bertz CT molecular complexity index is 947. The van der Waals surface area contributed by atoms with Crippen LogP contribution in [0.1, 0.15) is 41.5 Å². The summed E-state index contributed by atoms with van der Waals surface area (Å²) in [4.78, 5) is 10.9. The Morgan fingerprint density at radius 1 is 1.15 bits per heavy atom.